The molecule has 9 nitrogen and oxygen atoms in total. The fraction of sp³-hybridized carbons (Fsp3) is 0.722. The Balaban J connectivity index is 1.55. The molecule has 27 heavy (non-hydrogen) atoms. The highest BCUT2D eigenvalue weighted by Gasteiger charge is 2.35. The lowest BCUT2D eigenvalue weighted by Crippen LogP contribution is -2.51. The van der Waals surface area contributed by atoms with E-state index in [1.165, 1.54) is 37.8 Å². The van der Waals surface area contributed by atoms with Gasteiger partial charge in [-0.1, -0.05) is 12.8 Å². The summed E-state index contributed by atoms with van der Waals surface area (Å²) >= 11 is 0. The van der Waals surface area contributed by atoms with Crippen LogP contribution in [0.4, 0.5) is 5.69 Å². The van der Waals surface area contributed by atoms with Crippen molar-refractivity contribution in [2.45, 2.75) is 65.0 Å². The summed E-state index contributed by atoms with van der Waals surface area (Å²) in [5.41, 5.74) is 0.440. The number of likely N-dealkylation sites (tertiary alicyclic amines) is 1. The topological polar surface area (TPSA) is 108 Å². The number of ether oxygens (including phenoxy) is 1. The first kappa shape index (κ1) is 19.3. The number of rotatable bonds is 5. The summed E-state index contributed by atoms with van der Waals surface area (Å²) in [6, 6.07) is 0.275. The maximum atomic E-state index is 12.6. The molecule has 0 aromatic carbocycles. The number of carbonyl (C=O) groups is 2. The minimum absolute atomic E-state index is 0.101. The summed E-state index contributed by atoms with van der Waals surface area (Å²) < 4.78 is 6.39. The molecule has 148 valence electrons. The zero-order chi connectivity index (χ0) is 19.6. The van der Waals surface area contributed by atoms with Gasteiger partial charge in [0.05, 0.1) is 4.92 Å². The van der Waals surface area contributed by atoms with E-state index in [2.05, 4.69) is 5.10 Å². The van der Waals surface area contributed by atoms with Crippen LogP contribution in [0, 0.1) is 29.9 Å². The van der Waals surface area contributed by atoms with Crippen LogP contribution in [-0.4, -0.2) is 50.7 Å². The number of piperidine rings is 1. The van der Waals surface area contributed by atoms with Gasteiger partial charge in [0.1, 0.15) is 17.9 Å². The zero-order valence-electron chi connectivity index (χ0n) is 15.8. The van der Waals surface area contributed by atoms with Gasteiger partial charge < -0.3 is 9.64 Å². The maximum absolute atomic E-state index is 12.6. The Labute approximate surface area is 157 Å². The molecule has 3 rings (SSSR count). The van der Waals surface area contributed by atoms with Gasteiger partial charge in [0.2, 0.25) is 0 Å². The number of nitrogens with zero attached hydrogens (tertiary/aromatic N) is 4. The number of carbonyl (C=O) groups excluding carboxylic acids is 2. The smallest absolute Gasteiger partial charge is 0.328 e. The average molecular weight is 378 g/mol. The second kappa shape index (κ2) is 8.06. The number of hydrogen-bond acceptors (Lipinski definition) is 6. The van der Waals surface area contributed by atoms with Crippen LogP contribution in [0.5, 0.6) is 0 Å². The summed E-state index contributed by atoms with van der Waals surface area (Å²) in [5.74, 6) is -0.206. The van der Waals surface area contributed by atoms with E-state index in [4.69, 9.17) is 4.74 Å². The molecule has 2 aliphatic rings. The van der Waals surface area contributed by atoms with E-state index in [0.717, 1.165) is 25.8 Å². The van der Waals surface area contributed by atoms with Crippen LogP contribution >= 0.6 is 0 Å². The molecule has 2 fully saturated rings. The lowest BCUT2D eigenvalue weighted by molar-refractivity contribution is -0.386. The second-order valence-electron chi connectivity index (χ2n) is 7.44. The maximum Gasteiger partial charge on any atom is 0.328 e. The molecule has 9 heteroatoms. The lowest BCUT2D eigenvalue weighted by Gasteiger charge is -2.44. The van der Waals surface area contributed by atoms with E-state index in [9.17, 15) is 19.7 Å². The minimum atomic E-state index is -0.624. The van der Waals surface area contributed by atoms with Crippen LogP contribution < -0.4 is 0 Å². The molecule has 0 unspecified atom stereocenters. The highest BCUT2D eigenvalue weighted by molar-refractivity contribution is 5.81. The second-order valence-corrected chi connectivity index (χ2v) is 7.44. The fourth-order valence-electron chi connectivity index (χ4n) is 4.43. The summed E-state index contributed by atoms with van der Waals surface area (Å²) in [4.78, 5) is 37.1. The highest BCUT2D eigenvalue weighted by Crippen LogP contribution is 2.35. The molecule has 1 aromatic heterocycles. The summed E-state index contributed by atoms with van der Waals surface area (Å²) in [6.45, 7) is 3.24. The van der Waals surface area contributed by atoms with Gasteiger partial charge in [0, 0.05) is 12.6 Å². The van der Waals surface area contributed by atoms with Crippen LogP contribution in [0.3, 0.4) is 0 Å². The Morgan fingerprint density at radius 3 is 2.63 bits per heavy atom. The minimum Gasteiger partial charge on any atom is -0.454 e. The Bertz CT molecular complexity index is 742. The number of aromatic nitrogens is 2. The van der Waals surface area contributed by atoms with Crippen LogP contribution in [0.1, 0.15) is 49.9 Å². The largest absolute Gasteiger partial charge is 0.454 e. The molecule has 0 N–H and O–H groups in total. The Morgan fingerprint density at radius 2 is 1.93 bits per heavy atom. The van der Waals surface area contributed by atoms with Crippen molar-refractivity contribution in [3.05, 3.63) is 21.5 Å². The molecule has 2 atom stereocenters. The Kier molecular flexibility index (Phi) is 5.76. The Hall–Kier alpha value is -2.45. The van der Waals surface area contributed by atoms with Gasteiger partial charge in [-0.25, -0.2) is 0 Å². The Morgan fingerprint density at radius 1 is 1.22 bits per heavy atom. The normalized spacial score (nSPS) is 22.2. The number of fused-ring (bicyclic) bond motifs is 1. The average Bonchev–Trinajstić information content (AvgIpc) is 2.92. The van der Waals surface area contributed by atoms with Crippen LogP contribution in [0.15, 0.2) is 0 Å². The van der Waals surface area contributed by atoms with Crippen LogP contribution in [-0.2, 0) is 20.9 Å². The SMILES string of the molecule is Cc1nn(CC(=O)OCC(=O)N2CCC[C@@H]3CCCC[C@@H]32)c(C)c1[N+](=O)[O-]. The van der Waals surface area contributed by atoms with Crippen molar-refractivity contribution in [3.63, 3.8) is 0 Å². The molecular weight excluding hydrogens is 352 g/mol. The van der Waals surface area contributed by atoms with Crippen molar-refractivity contribution >= 4 is 17.6 Å². The predicted molar refractivity (Wildman–Crippen MR) is 96.0 cm³/mol. The van der Waals surface area contributed by atoms with Crippen molar-refractivity contribution in [2.24, 2.45) is 5.92 Å². The third-order valence-electron chi connectivity index (χ3n) is 5.72. The summed E-state index contributed by atoms with van der Waals surface area (Å²) in [6.07, 6.45) is 6.74. The predicted octanol–water partition coefficient (Wildman–Crippen LogP) is 2.13. The van der Waals surface area contributed by atoms with Crippen molar-refractivity contribution in [1.82, 2.24) is 14.7 Å². The number of nitro groups is 1. The molecule has 1 saturated heterocycles. The van der Waals surface area contributed by atoms with E-state index in [1.54, 1.807) is 0 Å². The molecule has 2 heterocycles. The molecule has 1 saturated carbocycles. The summed E-state index contributed by atoms with van der Waals surface area (Å²) in [7, 11) is 0. The highest BCUT2D eigenvalue weighted by atomic mass is 16.6. The van der Waals surface area contributed by atoms with E-state index in [-0.39, 0.29) is 36.5 Å². The van der Waals surface area contributed by atoms with Crippen LogP contribution in [0.25, 0.3) is 0 Å². The molecule has 1 aliphatic carbocycles. The first-order chi connectivity index (χ1) is 12.9. The molecule has 0 spiro atoms. The number of aryl methyl sites for hydroxylation is 1. The number of hydrogen-bond donors (Lipinski definition) is 0. The van der Waals surface area contributed by atoms with Gasteiger partial charge in [0.15, 0.2) is 6.61 Å². The van der Waals surface area contributed by atoms with Crippen molar-refractivity contribution in [1.29, 1.82) is 0 Å². The van der Waals surface area contributed by atoms with Crippen molar-refractivity contribution in [3.8, 4) is 0 Å². The standard InChI is InChI=1S/C18H26N4O5/c1-12-18(22(25)26)13(2)21(19-12)10-17(24)27-11-16(23)20-9-5-7-14-6-3-4-8-15(14)20/h14-15H,3-11H2,1-2H3/t14-,15-/m0/s1. The lowest BCUT2D eigenvalue weighted by atomic mass is 9.78. The fourth-order valence-corrected chi connectivity index (χ4v) is 4.43. The van der Waals surface area contributed by atoms with Gasteiger partial charge in [-0.05, 0) is 45.4 Å². The number of esters is 1. The third-order valence-corrected chi connectivity index (χ3v) is 5.72. The van der Waals surface area contributed by atoms with E-state index in [0.29, 0.717) is 11.6 Å². The van der Waals surface area contributed by atoms with Gasteiger partial charge in [-0.3, -0.25) is 24.4 Å². The number of amides is 1. The molecular formula is C18H26N4O5. The van der Waals surface area contributed by atoms with E-state index < -0.39 is 10.9 Å². The molecule has 0 bridgehead atoms. The monoisotopic (exact) mass is 378 g/mol. The van der Waals surface area contributed by atoms with E-state index >= 15 is 0 Å². The van der Waals surface area contributed by atoms with Crippen molar-refractivity contribution < 1.29 is 19.2 Å². The third kappa shape index (κ3) is 4.12. The molecule has 1 aliphatic heterocycles. The van der Waals surface area contributed by atoms with Gasteiger partial charge in [-0.15, -0.1) is 0 Å². The van der Waals surface area contributed by atoms with Crippen LogP contribution in [0.2, 0.25) is 0 Å². The first-order valence-electron chi connectivity index (χ1n) is 9.52. The quantitative estimate of drug-likeness (QED) is 0.441. The van der Waals surface area contributed by atoms with Gasteiger partial charge in [-0.2, -0.15) is 5.10 Å². The zero-order valence-corrected chi connectivity index (χ0v) is 15.8. The molecule has 1 amide bonds. The molecule has 0 radical (unpaired) electrons. The molecule has 1 aromatic rings. The van der Waals surface area contributed by atoms with Gasteiger partial charge >= 0.3 is 11.7 Å². The van der Waals surface area contributed by atoms with Gasteiger partial charge in [0.25, 0.3) is 5.91 Å². The first-order valence-corrected chi connectivity index (χ1v) is 9.52. The summed E-state index contributed by atoms with van der Waals surface area (Å²) in [5, 5.41) is 15.1. The van der Waals surface area contributed by atoms with E-state index in [1.807, 2.05) is 4.90 Å². The van der Waals surface area contributed by atoms with Crippen molar-refractivity contribution in [2.75, 3.05) is 13.2 Å².